The van der Waals surface area contributed by atoms with Crippen LogP contribution in [0.4, 0.5) is 57.1 Å². The van der Waals surface area contributed by atoms with Crippen molar-refractivity contribution in [1.82, 2.24) is 0 Å². The molecule has 0 heterocycles. The van der Waals surface area contributed by atoms with Gasteiger partial charge in [-0.15, -0.1) is 0 Å². The highest BCUT2D eigenvalue weighted by Crippen LogP contribution is 2.63. The molecule has 0 spiro atoms. The van der Waals surface area contributed by atoms with Gasteiger partial charge in [0.2, 0.25) is 0 Å². The lowest BCUT2D eigenvalue weighted by Gasteiger charge is -2.41. The SMILES string of the molecule is FC(F)(F)C(F)(F)C(F)(F)C(Cl)(C(F)(F)F)C(F)(F)F. The summed E-state index contributed by atoms with van der Waals surface area (Å²) < 4.78 is 157. The standard InChI is InChI=1S/C6ClF13/c7-1(4(12,13)14,5(15,16)17)2(8,9)3(10,11)6(18,19)20. The van der Waals surface area contributed by atoms with Gasteiger partial charge in [-0.25, -0.2) is 0 Å². The largest absolute Gasteiger partial charge is 0.459 e. The summed E-state index contributed by atoms with van der Waals surface area (Å²) >= 11 is 3.49. The molecule has 122 valence electrons. The first kappa shape index (κ1) is 19.4. The van der Waals surface area contributed by atoms with E-state index in [-0.39, 0.29) is 0 Å². The summed E-state index contributed by atoms with van der Waals surface area (Å²) in [5.74, 6) is -15.4. The Balaban J connectivity index is 6.38. The highest BCUT2D eigenvalue weighted by molar-refractivity contribution is 6.26. The zero-order valence-electron chi connectivity index (χ0n) is 8.29. The minimum Gasteiger partial charge on any atom is -0.197 e. The Morgan fingerprint density at radius 3 is 0.800 bits per heavy atom. The van der Waals surface area contributed by atoms with Gasteiger partial charge in [0, 0.05) is 0 Å². The van der Waals surface area contributed by atoms with Crippen molar-refractivity contribution in [2.45, 2.75) is 35.2 Å². The molecule has 0 aromatic carbocycles. The number of alkyl halides is 14. The van der Waals surface area contributed by atoms with Gasteiger partial charge in [0.05, 0.1) is 0 Å². The fourth-order valence-electron chi connectivity index (χ4n) is 0.911. The van der Waals surface area contributed by atoms with Crippen molar-refractivity contribution >= 4 is 11.6 Å². The lowest BCUT2D eigenvalue weighted by atomic mass is 9.92. The average molecular weight is 354 g/mol. The van der Waals surface area contributed by atoms with E-state index in [9.17, 15) is 57.1 Å². The first-order valence-electron chi connectivity index (χ1n) is 3.90. The molecule has 0 aromatic heterocycles. The van der Waals surface area contributed by atoms with Gasteiger partial charge < -0.3 is 0 Å². The Morgan fingerprint density at radius 1 is 0.400 bits per heavy atom. The number of hydrogen-bond acceptors (Lipinski definition) is 0. The molecule has 0 amide bonds. The molecule has 0 N–H and O–H groups in total. The van der Waals surface area contributed by atoms with Gasteiger partial charge in [0.1, 0.15) is 0 Å². The lowest BCUT2D eigenvalue weighted by Crippen LogP contribution is -2.72. The van der Waals surface area contributed by atoms with E-state index in [0.717, 1.165) is 0 Å². The van der Waals surface area contributed by atoms with Gasteiger partial charge in [0.15, 0.2) is 0 Å². The number of rotatable bonds is 2. The molecule has 0 unspecified atom stereocenters. The molecule has 0 atom stereocenters. The summed E-state index contributed by atoms with van der Waals surface area (Å²) in [5.41, 5.74) is 0. The van der Waals surface area contributed by atoms with Crippen LogP contribution in [0.5, 0.6) is 0 Å². The molecule has 20 heavy (non-hydrogen) atoms. The van der Waals surface area contributed by atoms with Crippen LogP contribution in [-0.2, 0) is 0 Å². The molecule has 0 aliphatic carbocycles. The van der Waals surface area contributed by atoms with E-state index < -0.39 is 35.2 Å². The molecule has 0 aliphatic heterocycles. The summed E-state index contributed by atoms with van der Waals surface area (Å²) in [7, 11) is 0. The van der Waals surface area contributed by atoms with Gasteiger partial charge in [-0.2, -0.15) is 57.1 Å². The Bertz CT molecular complexity index is 343. The van der Waals surface area contributed by atoms with Crippen molar-refractivity contribution in [1.29, 1.82) is 0 Å². The zero-order chi connectivity index (χ0) is 17.0. The third-order valence-corrected chi connectivity index (χ3v) is 2.63. The monoisotopic (exact) mass is 354 g/mol. The molecule has 14 heteroatoms. The van der Waals surface area contributed by atoms with Crippen LogP contribution in [-0.4, -0.2) is 35.2 Å². The van der Waals surface area contributed by atoms with E-state index in [0.29, 0.717) is 0 Å². The van der Waals surface area contributed by atoms with Gasteiger partial charge in [-0.05, 0) is 0 Å². The summed E-state index contributed by atoms with van der Waals surface area (Å²) in [6.45, 7) is 0. The second-order valence-electron chi connectivity index (χ2n) is 3.30. The quantitative estimate of drug-likeness (QED) is 0.488. The third kappa shape index (κ3) is 2.37. The first-order valence-corrected chi connectivity index (χ1v) is 4.27. The van der Waals surface area contributed by atoms with E-state index in [1.807, 2.05) is 0 Å². The third-order valence-electron chi connectivity index (χ3n) is 1.96. The maximum absolute atomic E-state index is 12.7. The average Bonchev–Trinajstić information content (AvgIpc) is 2.10. The van der Waals surface area contributed by atoms with Crippen molar-refractivity contribution in [2.75, 3.05) is 0 Å². The second kappa shape index (κ2) is 4.44. The molecule has 0 aliphatic rings. The van der Waals surface area contributed by atoms with Gasteiger partial charge in [-0.1, -0.05) is 11.6 Å². The Hall–Kier alpha value is -0.620. The molecule has 0 fully saturated rings. The molecule has 0 radical (unpaired) electrons. The van der Waals surface area contributed by atoms with E-state index >= 15 is 0 Å². The lowest BCUT2D eigenvalue weighted by molar-refractivity contribution is -0.408. The van der Waals surface area contributed by atoms with Crippen LogP contribution >= 0.6 is 11.6 Å². The van der Waals surface area contributed by atoms with Crippen LogP contribution in [0.3, 0.4) is 0 Å². The topological polar surface area (TPSA) is 0 Å². The van der Waals surface area contributed by atoms with E-state index in [1.165, 1.54) is 0 Å². The predicted molar refractivity (Wildman–Crippen MR) is 36.6 cm³/mol. The van der Waals surface area contributed by atoms with Crippen LogP contribution in [0.15, 0.2) is 0 Å². The first-order chi connectivity index (χ1) is 8.25. The van der Waals surface area contributed by atoms with Crippen LogP contribution in [0.25, 0.3) is 0 Å². The fraction of sp³-hybridized carbons (Fsp3) is 1.00. The van der Waals surface area contributed by atoms with Crippen molar-refractivity contribution in [3.63, 3.8) is 0 Å². The van der Waals surface area contributed by atoms with Gasteiger partial charge in [0.25, 0.3) is 0 Å². The highest BCUT2D eigenvalue weighted by Gasteiger charge is 2.92. The minimum absolute atomic E-state index is 3.49. The molecule has 0 rings (SSSR count). The minimum atomic E-state index is -7.74. The summed E-state index contributed by atoms with van der Waals surface area (Å²) in [5, 5.41) is 0. The van der Waals surface area contributed by atoms with E-state index in [1.54, 1.807) is 0 Å². The summed E-state index contributed by atoms with van der Waals surface area (Å²) in [6.07, 6.45) is -22.1. The van der Waals surface area contributed by atoms with Gasteiger partial charge >= 0.3 is 35.2 Å². The molecule has 0 nitrogen and oxygen atoms in total. The second-order valence-corrected chi connectivity index (χ2v) is 3.87. The summed E-state index contributed by atoms with van der Waals surface area (Å²) in [4.78, 5) is -7.12. The number of halogens is 14. The van der Waals surface area contributed by atoms with Crippen molar-refractivity contribution in [3.8, 4) is 0 Å². The van der Waals surface area contributed by atoms with Crippen molar-refractivity contribution in [3.05, 3.63) is 0 Å². The summed E-state index contributed by atoms with van der Waals surface area (Å²) in [6, 6.07) is 0. The van der Waals surface area contributed by atoms with Crippen molar-refractivity contribution in [2.24, 2.45) is 0 Å². The van der Waals surface area contributed by atoms with Crippen LogP contribution in [0, 0.1) is 0 Å². The molecule has 0 saturated heterocycles. The fourth-order valence-corrected chi connectivity index (χ4v) is 1.03. The molecular formula is C6ClF13. The van der Waals surface area contributed by atoms with Crippen LogP contribution in [0.1, 0.15) is 0 Å². The van der Waals surface area contributed by atoms with Crippen LogP contribution < -0.4 is 0 Å². The maximum atomic E-state index is 12.7. The Morgan fingerprint density at radius 2 is 0.650 bits per heavy atom. The van der Waals surface area contributed by atoms with E-state index in [2.05, 4.69) is 11.6 Å². The zero-order valence-corrected chi connectivity index (χ0v) is 9.05. The van der Waals surface area contributed by atoms with E-state index in [4.69, 9.17) is 0 Å². The van der Waals surface area contributed by atoms with Crippen molar-refractivity contribution < 1.29 is 57.1 Å². The van der Waals surface area contributed by atoms with Crippen LogP contribution in [0.2, 0.25) is 0 Å². The molecule has 0 aromatic rings. The maximum Gasteiger partial charge on any atom is 0.459 e. The van der Waals surface area contributed by atoms with Gasteiger partial charge in [-0.3, -0.25) is 0 Å². The predicted octanol–water partition coefficient (Wildman–Crippen LogP) is 4.92. The molecule has 0 saturated carbocycles. The molecular weight excluding hydrogens is 354 g/mol. The highest BCUT2D eigenvalue weighted by atomic mass is 35.5. The smallest absolute Gasteiger partial charge is 0.197 e. The Kier molecular flexibility index (Phi) is 4.30. The number of hydrogen-bond donors (Lipinski definition) is 0. The molecule has 0 bridgehead atoms. The normalized spacial score (nSPS) is 16.5. The Labute approximate surface area is 105 Å².